The van der Waals surface area contributed by atoms with E-state index in [1.165, 1.54) is 0 Å². The first-order chi connectivity index (χ1) is 10.7. The minimum atomic E-state index is -0.224. The molecule has 0 N–H and O–H groups in total. The smallest absolute Gasteiger partial charge is 0.328 e. The molecule has 2 rings (SSSR count). The molecular weight excluding hydrogens is 290 g/mol. The number of esters is 1. The standard InChI is InChI=1S/C18H29N3O2/c1-7-23-17(22)13-9-8-10-21(13)15-11-14(18(4,5)6)19-16(20-15)12(2)3/h11-13H,7-10H2,1-6H3. The molecule has 1 unspecified atom stereocenters. The highest BCUT2D eigenvalue weighted by atomic mass is 16.5. The van der Waals surface area contributed by atoms with Crippen LogP contribution in [0.3, 0.4) is 0 Å². The van der Waals surface area contributed by atoms with Crippen molar-refractivity contribution in [2.45, 2.75) is 71.8 Å². The van der Waals surface area contributed by atoms with E-state index in [4.69, 9.17) is 14.7 Å². The zero-order valence-corrected chi connectivity index (χ0v) is 15.2. The van der Waals surface area contributed by atoms with Gasteiger partial charge in [-0.05, 0) is 19.8 Å². The van der Waals surface area contributed by atoms with Gasteiger partial charge in [-0.1, -0.05) is 34.6 Å². The van der Waals surface area contributed by atoms with Crippen molar-refractivity contribution in [2.24, 2.45) is 0 Å². The Bertz CT molecular complexity index is 564. The monoisotopic (exact) mass is 319 g/mol. The van der Waals surface area contributed by atoms with Gasteiger partial charge in [-0.25, -0.2) is 14.8 Å². The van der Waals surface area contributed by atoms with Crippen LogP contribution in [0.1, 0.15) is 71.8 Å². The van der Waals surface area contributed by atoms with Crippen molar-refractivity contribution in [2.75, 3.05) is 18.1 Å². The van der Waals surface area contributed by atoms with Crippen molar-refractivity contribution in [3.8, 4) is 0 Å². The Labute approximate surface area is 139 Å². The second-order valence-electron chi connectivity index (χ2n) is 7.48. The topological polar surface area (TPSA) is 55.3 Å². The summed E-state index contributed by atoms with van der Waals surface area (Å²) in [5, 5.41) is 0. The van der Waals surface area contributed by atoms with Crippen LogP contribution in [-0.2, 0) is 14.9 Å². The fourth-order valence-corrected chi connectivity index (χ4v) is 2.77. The second-order valence-corrected chi connectivity index (χ2v) is 7.48. The molecule has 1 aliphatic rings. The van der Waals surface area contributed by atoms with Crippen LogP contribution in [0.2, 0.25) is 0 Å². The molecule has 0 amide bonds. The van der Waals surface area contributed by atoms with Crippen molar-refractivity contribution in [3.05, 3.63) is 17.6 Å². The fraction of sp³-hybridized carbons (Fsp3) is 0.722. The molecule has 0 radical (unpaired) electrons. The fourth-order valence-electron chi connectivity index (χ4n) is 2.77. The summed E-state index contributed by atoms with van der Waals surface area (Å²) in [6.07, 6.45) is 1.81. The molecule has 5 heteroatoms. The van der Waals surface area contributed by atoms with E-state index in [1.54, 1.807) is 0 Å². The second kappa shape index (κ2) is 6.85. The molecule has 0 aliphatic carbocycles. The quantitative estimate of drug-likeness (QED) is 0.796. The van der Waals surface area contributed by atoms with Crippen LogP contribution in [-0.4, -0.2) is 35.1 Å². The lowest BCUT2D eigenvalue weighted by Gasteiger charge is -2.27. The molecule has 2 heterocycles. The SMILES string of the molecule is CCOC(=O)C1CCCN1c1cc(C(C)(C)C)nc(C(C)C)n1. The Balaban J connectivity index is 2.41. The van der Waals surface area contributed by atoms with Crippen LogP contribution in [0.4, 0.5) is 5.82 Å². The van der Waals surface area contributed by atoms with Gasteiger partial charge in [0.25, 0.3) is 0 Å². The van der Waals surface area contributed by atoms with E-state index in [9.17, 15) is 4.79 Å². The van der Waals surface area contributed by atoms with Gasteiger partial charge in [0.2, 0.25) is 0 Å². The summed E-state index contributed by atoms with van der Waals surface area (Å²) in [6.45, 7) is 13.7. The zero-order chi connectivity index (χ0) is 17.2. The van der Waals surface area contributed by atoms with Gasteiger partial charge in [-0.2, -0.15) is 0 Å². The Morgan fingerprint density at radius 3 is 2.65 bits per heavy atom. The summed E-state index contributed by atoms with van der Waals surface area (Å²) in [6, 6.07) is 1.81. The average molecular weight is 319 g/mol. The van der Waals surface area contributed by atoms with Gasteiger partial charge in [-0.15, -0.1) is 0 Å². The molecular formula is C18H29N3O2. The summed E-state index contributed by atoms with van der Waals surface area (Å²) in [7, 11) is 0. The highest BCUT2D eigenvalue weighted by Gasteiger charge is 2.34. The molecule has 128 valence electrons. The van der Waals surface area contributed by atoms with Crippen LogP contribution in [0.25, 0.3) is 0 Å². The predicted octanol–water partition coefficient (Wildman–Crippen LogP) is 3.43. The van der Waals surface area contributed by atoms with E-state index in [-0.39, 0.29) is 23.3 Å². The van der Waals surface area contributed by atoms with Gasteiger partial charge in [0, 0.05) is 23.9 Å². The van der Waals surface area contributed by atoms with Crippen molar-refractivity contribution in [1.82, 2.24) is 9.97 Å². The van der Waals surface area contributed by atoms with Crippen LogP contribution in [0.15, 0.2) is 6.07 Å². The molecule has 1 aromatic heterocycles. The van der Waals surface area contributed by atoms with Crippen LogP contribution in [0, 0.1) is 0 Å². The summed E-state index contributed by atoms with van der Waals surface area (Å²) in [4.78, 5) is 23.8. The molecule has 1 atom stereocenters. The number of hydrogen-bond acceptors (Lipinski definition) is 5. The molecule has 1 saturated heterocycles. The largest absolute Gasteiger partial charge is 0.464 e. The van der Waals surface area contributed by atoms with Crippen LogP contribution >= 0.6 is 0 Å². The molecule has 1 aromatic rings. The predicted molar refractivity (Wildman–Crippen MR) is 91.8 cm³/mol. The Hall–Kier alpha value is -1.65. The molecule has 1 aliphatic heterocycles. The maximum atomic E-state index is 12.2. The highest BCUT2D eigenvalue weighted by molar-refractivity contribution is 5.80. The molecule has 0 aromatic carbocycles. The number of anilines is 1. The summed E-state index contributed by atoms with van der Waals surface area (Å²) >= 11 is 0. The van der Waals surface area contributed by atoms with E-state index < -0.39 is 0 Å². The van der Waals surface area contributed by atoms with Gasteiger partial charge >= 0.3 is 5.97 Å². The minimum Gasteiger partial charge on any atom is -0.464 e. The van der Waals surface area contributed by atoms with Gasteiger partial charge in [0.1, 0.15) is 17.7 Å². The summed E-state index contributed by atoms with van der Waals surface area (Å²) < 4.78 is 5.23. The first-order valence-corrected chi connectivity index (χ1v) is 8.56. The lowest BCUT2D eigenvalue weighted by molar-refractivity contribution is -0.144. The van der Waals surface area contributed by atoms with Crippen molar-refractivity contribution in [1.29, 1.82) is 0 Å². The third-order valence-corrected chi connectivity index (χ3v) is 4.12. The molecule has 5 nitrogen and oxygen atoms in total. The van der Waals surface area contributed by atoms with Gasteiger partial charge in [-0.3, -0.25) is 0 Å². The summed E-state index contributed by atoms with van der Waals surface area (Å²) in [5.41, 5.74) is 0.959. The van der Waals surface area contributed by atoms with E-state index in [0.717, 1.165) is 36.7 Å². The van der Waals surface area contributed by atoms with E-state index in [0.29, 0.717) is 6.61 Å². The zero-order valence-electron chi connectivity index (χ0n) is 15.2. The summed E-state index contributed by atoms with van der Waals surface area (Å²) in [5.74, 6) is 1.79. The maximum Gasteiger partial charge on any atom is 0.328 e. The van der Waals surface area contributed by atoms with Crippen molar-refractivity contribution < 1.29 is 9.53 Å². The van der Waals surface area contributed by atoms with Gasteiger partial charge in [0.15, 0.2) is 0 Å². The lowest BCUT2D eigenvalue weighted by Crippen LogP contribution is -2.38. The normalized spacial score (nSPS) is 18.6. The third kappa shape index (κ3) is 4.01. The van der Waals surface area contributed by atoms with Crippen molar-refractivity contribution >= 4 is 11.8 Å². The number of rotatable bonds is 4. The van der Waals surface area contributed by atoms with Gasteiger partial charge in [0.05, 0.1) is 12.3 Å². The Morgan fingerprint density at radius 2 is 2.09 bits per heavy atom. The lowest BCUT2D eigenvalue weighted by atomic mass is 9.91. The first-order valence-electron chi connectivity index (χ1n) is 8.56. The number of hydrogen-bond donors (Lipinski definition) is 0. The molecule has 0 spiro atoms. The van der Waals surface area contributed by atoms with E-state index in [2.05, 4.69) is 39.5 Å². The first kappa shape index (κ1) is 17.7. The molecule has 23 heavy (non-hydrogen) atoms. The number of nitrogens with zero attached hydrogens (tertiary/aromatic N) is 3. The average Bonchev–Trinajstić information content (AvgIpc) is 2.95. The number of ether oxygens (including phenoxy) is 1. The van der Waals surface area contributed by atoms with E-state index >= 15 is 0 Å². The van der Waals surface area contributed by atoms with Crippen LogP contribution in [0.5, 0.6) is 0 Å². The maximum absolute atomic E-state index is 12.2. The number of carbonyl (C=O) groups is 1. The molecule has 0 bridgehead atoms. The highest BCUT2D eigenvalue weighted by Crippen LogP contribution is 2.30. The number of aromatic nitrogens is 2. The van der Waals surface area contributed by atoms with E-state index in [1.807, 2.05) is 13.0 Å². The van der Waals surface area contributed by atoms with Crippen LogP contribution < -0.4 is 4.90 Å². The van der Waals surface area contributed by atoms with Gasteiger partial charge < -0.3 is 9.64 Å². The third-order valence-electron chi connectivity index (χ3n) is 4.12. The van der Waals surface area contributed by atoms with Crippen molar-refractivity contribution in [3.63, 3.8) is 0 Å². The molecule has 0 saturated carbocycles. The minimum absolute atomic E-state index is 0.0551. The Kier molecular flexibility index (Phi) is 5.27. The number of carbonyl (C=O) groups excluding carboxylic acids is 1. The Morgan fingerprint density at radius 1 is 1.39 bits per heavy atom. The molecule has 1 fully saturated rings.